The Morgan fingerprint density at radius 1 is 1.53 bits per heavy atom. The van der Waals surface area contributed by atoms with E-state index in [9.17, 15) is 14.9 Å². The van der Waals surface area contributed by atoms with Crippen LogP contribution in [0.1, 0.15) is 22.8 Å². The van der Waals surface area contributed by atoms with Gasteiger partial charge in [-0.15, -0.1) is 0 Å². The average molecular weight is 263 g/mol. The number of hydrogen-bond donors (Lipinski definition) is 1. The fraction of sp³-hybridized carbons (Fsp3) is 0.462. The number of amides is 1. The van der Waals surface area contributed by atoms with Gasteiger partial charge in [0, 0.05) is 31.7 Å². The summed E-state index contributed by atoms with van der Waals surface area (Å²) in [6, 6.07) is 4.68. The smallest absolute Gasteiger partial charge is 0.282 e. The number of carbonyl (C=O) groups excluding carboxylic acids is 1. The van der Waals surface area contributed by atoms with Crippen LogP contribution >= 0.6 is 0 Å². The lowest BCUT2D eigenvalue weighted by Gasteiger charge is -2.33. The van der Waals surface area contributed by atoms with Crippen LogP contribution in [-0.4, -0.2) is 41.4 Å². The van der Waals surface area contributed by atoms with E-state index in [0.717, 1.165) is 12.1 Å². The van der Waals surface area contributed by atoms with E-state index in [1.165, 1.54) is 6.07 Å². The molecule has 6 nitrogen and oxygen atoms in total. The van der Waals surface area contributed by atoms with Crippen molar-refractivity contribution in [3.63, 3.8) is 0 Å². The molecule has 1 aliphatic rings. The second kappa shape index (κ2) is 5.36. The lowest BCUT2D eigenvalue weighted by Crippen LogP contribution is -2.52. The maximum atomic E-state index is 12.5. The molecule has 6 heteroatoms. The van der Waals surface area contributed by atoms with Crippen molar-refractivity contribution >= 4 is 11.6 Å². The molecule has 19 heavy (non-hydrogen) atoms. The summed E-state index contributed by atoms with van der Waals surface area (Å²) in [5.41, 5.74) is 0.900. The lowest BCUT2D eigenvalue weighted by molar-refractivity contribution is -0.385. The van der Waals surface area contributed by atoms with Crippen molar-refractivity contribution in [1.82, 2.24) is 10.2 Å². The van der Waals surface area contributed by atoms with Crippen LogP contribution in [0.2, 0.25) is 0 Å². The third-order valence-electron chi connectivity index (χ3n) is 3.34. The molecule has 0 saturated carbocycles. The van der Waals surface area contributed by atoms with Crippen molar-refractivity contribution in [3.05, 3.63) is 39.4 Å². The molecular formula is C13H17N3O3. The molecule has 1 aromatic carbocycles. The SMILES string of the molecule is Cc1ccc([N+](=O)[O-])c(C(=O)N2CCNC[C@H]2C)c1. The van der Waals surface area contributed by atoms with Crippen molar-refractivity contribution in [2.75, 3.05) is 19.6 Å². The van der Waals surface area contributed by atoms with Crippen LogP contribution in [0.4, 0.5) is 5.69 Å². The Kier molecular flexibility index (Phi) is 3.80. The minimum Gasteiger partial charge on any atom is -0.333 e. The molecule has 0 unspecified atom stereocenters. The third-order valence-corrected chi connectivity index (χ3v) is 3.34. The maximum Gasteiger partial charge on any atom is 0.282 e. The second-order valence-corrected chi connectivity index (χ2v) is 4.83. The largest absolute Gasteiger partial charge is 0.333 e. The molecule has 1 aromatic rings. The highest BCUT2D eigenvalue weighted by atomic mass is 16.6. The summed E-state index contributed by atoms with van der Waals surface area (Å²) in [7, 11) is 0. The van der Waals surface area contributed by atoms with Crippen LogP contribution in [0.25, 0.3) is 0 Å². The fourth-order valence-electron chi connectivity index (χ4n) is 2.28. The van der Waals surface area contributed by atoms with E-state index >= 15 is 0 Å². The first-order chi connectivity index (χ1) is 9.00. The molecule has 1 aliphatic heterocycles. The van der Waals surface area contributed by atoms with E-state index in [0.29, 0.717) is 13.1 Å². The number of nitrogens with zero attached hydrogens (tertiary/aromatic N) is 2. The lowest BCUT2D eigenvalue weighted by atomic mass is 10.1. The van der Waals surface area contributed by atoms with Crippen LogP contribution in [0.15, 0.2) is 18.2 Å². The topological polar surface area (TPSA) is 75.5 Å². The summed E-state index contributed by atoms with van der Waals surface area (Å²) in [6.07, 6.45) is 0. The van der Waals surface area contributed by atoms with Crippen LogP contribution in [-0.2, 0) is 0 Å². The van der Waals surface area contributed by atoms with Gasteiger partial charge in [-0.2, -0.15) is 0 Å². The number of piperazine rings is 1. The first-order valence-electron chi connectivity index (χ1n) is 6.27. The Morgan fingerprint density at radius 3 is 2.89 bits per heavy atom. The van der Waals surface area contributed by atoms with E-state index in [2.05, 4.69) is 5.32 Å². The molecule has 1 heterocycles. The van der Waals surface area contributed by atoms with Gasteiger partial charge in [0.05, 0.1) is 4.92 Å². The monoisotopic (exact) mass is 263 g/mol. The third kappa shape index (κ3) is 2.73. The predicted molar refractivity (Wildman–Crippen MR) is 71.2 cm³/mol. The van der Waals surface area contributed by atoms with Gasteiger partial charge < -0.3 is 10.2 Å². The van der Waals surface area contributed by atoms with Crippen LogP contribution in [0, 0.1) is 17.0 Å². The molecule has 102 valence electrons. The van der Waals surface area contributed by atoms with E-state index in [-0.39, 0.29) is 23.2 Å². The summed E-state index contributed by atoms with van der Waals surface area (Å²) in [5, 5.41) is 14.2. The quantitative estimate of drug-likeness (QED) is 0.645. The predicted octanol–water partition coefficient (Wildman–Crippen LogP) is 1.34. The number of hydrogen-bond acceptors (Lipinski definition) is 4. The van der Waals surface area contributed by atoms with Crippen molar-refractivity contribution in [3.8, 4) is 0 Å². The van der Waals surface area contributed by atoms with E-state index in [4.69, 9.17) is 0 Å². The highest BCUT2D eigenvalue weighted by Crippen LogP contribution is 2.22. The minimum atomic E-state index is -0.500. The Bertz CT molecular complexity index is 516. The van der Waals surface area contributed by atoms with Crippen molar-refractivity contribution in [2.24, 2.45) is 0 Å². The first kappa shape index (κ1) is 13.5. The summed E-state index contributed by atoms with van der Waals surface area (Å²) in [4.78, 5) is 24.7. The zero-order chi connectivity index (χ0) is 14.0. The van der Waals surface area contributed by atoms with Gasteiger partial charge in [-0.3, -0.25) is 14.9 Å². The molecule has 1 amide bonds. The van der Waals surface area contributed by atoms with Gasteiger partial charge in [0.2, 0.25) is 0 Å². The molecule has 0 bridgehead atoms. The highest BCUT2D eigenvalue weighted by Gasteiger charge is 2.29. The zero-order valence-corrected chi connectivity index (χ0v) is 11.0. The van der Waals surface area contributed by atoms with Gasteiger partial charge in [-0.25, -0.2) is 0 Å². The minimum absolute atomic E-state index is 0.0429. The van der Waals surface area contributed by atoms with Crippen LogP contribution in [0.5, 0.6) is 0 Å². The molecule has 2 rings (SSSR count). The van der Waals surface area contributed by atoms with Crippen molar-refractivity contribution in [1.29, 1.82) is 0 Å². The summed E-state index contributed by atoms with van der Waals surface area (Å²) >= 11 is 0. The van der Waals surface area contributed by atoms with E-state index in [1.807, 2.05) is 13.8 Å². The molecule has 1 atom stereocenters. The Hall–Kier alpha value is -1.95. The molecule has 0 aliphatic carbocycles. The molecule has 0 radical (unpaired) electrons. The van der Waals surface area contributed by atoms with E-state index < -0.39 is 4.92 Å². The van der Waals surface area contributed by atoms with Crippen molar-refractivity contribution in [2.45, 2.75) is 19.9 Å². The van der Waals surface area contributed by atoms with Crippen molar-refractivity contribution < 1.29 is 9.72 Å². The van der Waals surface area contributed by atoms with E-state index in [1.54, 1.807) is 17.0 Å². The van der Waals surface area contributed by atoms with Gasteiger partial charge in [-0.05, 0) is 25.5 Å². The number of benzene rings is 1. The van der Waals surface area contributed by atoms with Gasteiger partial charge in [-0.1, -0.05) is 6.07 Å². The summed E-state index contributed by atoms with van der Waals surface area (Å²) < 4.78 is 0. The first-order valence-corrected chi connectivity index (χ1v) is 6.27. The highest BCUT2D eigenvalue weighted by molar-refractivity contribution is 5.98. The average Bonchev–Trinajstić information content (AvgIpc) is 2.38. The van der Waals surface area contributed by atoms with Gasteiger partial charge in [0.15, 0.2) is 0 Å². The van der Waals surface area contributed by atoms with Gasteiger partial charge >= 0.3 is 0 Å². The normalized spacial score (nSPS) is 19.3. The molecule has 1 fully saturated rings. The molecule has 0 aromatic heterocycles. The number of rotatable bonds is 2. The molecule has 1 saturated heterocycles. The van der Waals surface area contributed by atoms with Crippen LogP contribution in [0.3, 0.4) is 0 Å². The Labute approximate surface area is 111 Å². The summed E-state index contributed by atoms with van der Waals surface area (Å²) in [5.74, 6) is -0.260. The maximum absolute atomic E-state index is 12.5. The Balaban J connectivity index is 2.37. The van der Waals surface area contributed by atoms with Gasteiger partial charge in [0.1, 0.15) is 5.56 Å². The van der Waals surface area contributed by atoms with Crippen LogP contribution < -0.4 is 5.32 Å². The summed E-state index contributed by atoms with van der Waals surface area (Å²) in [6.45, 7) is 5.76. The fourth-order valence-corrected chi connectivity index (χ4v) is 2.28. The molecule has 1 N–H and O–H groups in total. The standard InChI is InChI=1S/C13H17N3O3/c1-9-3-4-12(16(18)19)11(7-9)13(17)15-6-5-14-8-10(15)2/h3-4,7,10,14H,5-6,8H2,1-2H3/t10-/m1/s1. The van der Waals surface area contributed by atoms with Gasteiger partial charge in [0.25, 0.3) is 11.6 Å². The number of nitro benzene ring substituents is 1. The number of nitro groups is 1. The number of aryl methyl sites for hydroxylation is 1. The number of nitrogens with one attached hydrogen (secondary N) is 1. The zero-order valence-electron chi connectivity index (χ0n) is 11.0. The molecule has 0 spiro atoms. The Morgan fingerprint density at radius 2 is 2.26 bits per heavy atom. The molecular weight excluding hydrogens is 246 g/mol. The number of carbonyl (C=O) groups is 1. The second-order valence-electron chi connectivity index (χ2n) is 4.83.